The number of hydrogen-bond acceptors (Lipinski definition) is 5. The number of nitrogens with zero attached hydrogens (tertiary/aromatic N) is 2. The van der Waals surface area contributed by atoms with Crippen LogP contribution in [0.5, 0.6) is 0 Å². The molecule has 2 aromatic rings. The van der Waals surface area contributed by atoms with Crippen molar-refractivity contribution < 1.29 is 14.0 Å². The van der Waals surface area contributed by atoms with Crippen molar-refractivity contribution in [2.75, 3.05) is 6.61 Å². The molecule has 6 heteroatoms. The van der Waals surface area contributed by atoms with Gasteiger partial charge < -0.3 is 14.0 Å². The van der Waals surface area contributed by atoms with Crippen LogP contribution < -0.4 is 5.46 Å². The van der Waals surface area contributed by atoms with E-state index in [-0.39, 0.29) is 17.3 Å². The summed E-state index contributed by atoms with van der Waals surface area (Å²) in [5.74, 6) is 0.675. The second kappa shape index (κ2) is 8.15. The van der Waals surface area contributed by atoms with Crippen LogP contribution in [0.2, 0.25) is 0 Å². The number of ether oxygens (including phenoxy) is 1. The Labute approximate surface area is 168 Å². The molecular formula is C22H29BN2O3. The number of hydrogen-bond donors (Lipinski definition) is 0. The molecule has 5 nitrogen and oxygen atoms in total. The minimum atomic E-state index is -0.392. The van der Waals surface area contributed by atoms with Gasteiger partial charge in [-0.3, -0.25) is 0 Å². The lowest BCUT2D eigenvalue weighted by Gasteiger charge is -2.32. The summed E-state index contributed by atoms with van der Waals surface area (Å²) in [5.41, 5.74) is 2.15. The third-order valence-electron chi connectivity index (χ3n) is 5.35. The second-order valence-electron chi connectivity index (χ2n) is 7.74. The summed E-state index contributed by atoms with van der Waals surface area (Å²) in [5, 5.41) is 0. The third-order valence-corrected chi connectivity index (χ3v) is 5.35. The topological polar surface area (TPSA) is 53.5 Å². The lowest BCUT2D eigenvalue weighted by Crippen LogP contribution is -2.41. The van der Waals surface area contributed by atoms with E-state index in [2.05, 4.69) is 37.7 Å². The quantitative estimate of drug-likeness (QED) is 0.593. The van der Waals surface area contributed by atoms with E-state index in [1.807, 2.05) is 62.7 Å². The Hall–Kier alpha value is -2.02. The van der Waals surface area contributed by atoms with Crippen molar-refractivity contribution in [3.8, 4) is 11.4 Å². The van der Waals surface area contributed by atoms with Crippen LogP contribution in [-0.4, -0.2) is 34.9 Å². The summed E-state index contributed by atoms with van der Waals surface area (Å²) in [6, 6.07) is 8.02. The highest BCUT2D eigenvalue weighted by Crippen LogP contribution is 2.36. The van der Waals surface area contributed by atoms with Crippen LogP contribution in [-0.2, 0) is 14.0 Å². The summed E-state index contributed by atoms with van der Waals surface area (Å²) < 4.78 is 17.9. The molecular weight excluding hydrogens is 351 g/mol. The molecule has 0 bridgehead atoms. The van der Waals surface area contributed by atoms with Crippen LogP contribution in [0.3, 0.4) is 0 Å². The maximum Gasteiger partial charge on any atom is 0.494 e. The Kier molecular flexibility index (Phi) is 6.03. The summed E-state index contributed by atoms with van der Waals surface area (Å²) in [6.07, 6.45) is 7.64. The van der Waals surface area contributed by atoms with Gasteiger partial charge in [-0.1, -0.05) is 50.3 Å². The van der Waals surface area contributed by atoms with Crippen molar-refractivity contribution in [3.05, 3.63) is 54.4 Å². The predicted molar refractivity (Wildman–Crippen MR) is 112 cm³/mol. The molecule has 3 heterocycles. The number of benzene rings is 1. The van der Waals surface area contributed by atoms with E-state index in [0.717, 1.165) is 16.6 Å². The summed E-state index contributed by atoms with van der Waals surface area (Å²) in [6.45, 7) is 12.9. The highest BCUT2D eigenvalue weighted by atomic mass is 16.7. The maximum atomic E-state index is 6.14. The molecule has 2 aliphatic heterocycles. The summed E-state index contributed by atoms with van der Waals surface area (Å²) in [4.78, 5) is 9.02. The molecule has 0 saturated carbocycles. The van der Waals surface area contributed by atoms with Gasteiger partial charge in [0.15, 0.2) is 5.82 Å². The van der Waals surface area contributed by atoms with E-state index in [9.17, 15) is 0 Å². The van der Waals surface area contributed by atoms with E-state index in [1.165, 1.54) is 0 Å². The lowest BCUT2D eigenvalue weighted by atomic mass is 9.78. The maximum absolute atomic E-state index is 6.14. The molecule has 0 N–H and O–H groups in total. The predicted octanol–water partition coefficient (Wildman–Crippen LogP) is 4.10. The fraction of sp³-hybridized carbons (Fsp3) is 0.455. The van der Waals surface area contributed by atoms with E-state index in [4.69, 9.17) is 14.0 Å². The normalized spacial score (nSPS) is 22.1. The first-order valence-electron chi connectivity index (χ1n) is 9.92. The van der Waals surface area contributed by atoms with Crippen molar-refractivity contribution in [1.82, 2.24) is 9.97 Å². The molecule has 1 aromatic heterocycles. The molecule has 28 heavy (non-hydrogen) atoms. The van der Waals surface area contributed by atoms with Gasteiger partial charge in [0.05, 0.1) is 17.8 Å². The summed E-state index contributed by atoms with van der Waals surface area (Å²) in [7, 11) is -0.392. The van der Waals surface area contributed by atoms with Crippen LogP contribution >= 0.6 is 0 Å². The first-order valence-corrected chi connectivity index (χ1v) is 9.92. The fourth-order valence-electron chi connectivity index (χ4n) is 3.04. The molecule has 1 atom stereocenters. The molecule has 2 aliphatic rings. The van der Waals surface area contributed by atoms with Crippen LogP contribution in [0.1, 0.15) is 53.2 Å². The monoisotopic (exact) mass is 380 g/mol. The number of rotatable bonds is 3. The van der Waals surface area contributed by atoms with Gasteiger partial charge in [-0.2, -0.15) is 0 Å². The van der Waals surface area contributed by atoms with Gasteiger partial charge in [0.25, 0.3) is 0 Å². The molecule has 148 valence electrons. The second-order valence-corrected chi connectivity index (χ2v) is 7.74. The van der Waals surface area contributed by atoms with Crippen molar-refractivity contribution >= 4 is 12.6 Å². The molecule has 4 rings (SSSR count). The van der Waals surface area contributed by atoms with Gasteiger partial charge in [-0.15, -0.1) is 0 Å². The average Bonchev–Trinajstić information content (AvgIpc) is 3.30. The fourth-order valence-corrected chi connectivity index (χ4v) is 3.04. The average molecular weight is 380 g/mol. The van der Waals surface area contributed by atoms with Crippen molar-refractivity contribution in [2.24, 2.45) is 0 Å². The van der Waals surface area contributed by atoms with E-state index in [1.54, 1.807) is 0 Å². The lowest BCUT2D eigenvalue weighted by molar-refractivity contribution is 0.00578. The highest BCUT2D eigenvalue weighted by Gasteiger charge is 2.51. The minimum Gasteiger partial charge on any atom is -0.399 e. The molecule has 1 fully saturated rings. The molecule has 0 aliphatic carbocycles. The first-order chi connectivity index (χ1) is 13.4. The van der Waals surface area contributed by atoms with Gasteiger partial charge in [-0.05, 0) is 33.2 Å². The Morgan fingerprint density at radius 2 is 1.64 bits per heavy atom. The van der Waals surface area contributed by atoms with E-state index in [0.29, 0.717) is 12.4 Å². The van der Waals surface area contributed by atoms with Gasteiger partial charge in [0.1, 0.15) is 6.10 Å². The Morgan fingerprint density at radius 3 is 2.21 bits per heavy atom. The van der Waals surface area contributed by atoms with Crippen LogP contribution in [0.15, 0.2) is 48.8 Å². The Balaban J connectivity index is 0.00000109. The largest absolute Gasteiger partial charge is 0.494 e. The van der Waals surface area contributed by atoms with E-state index >= 15 is 0 Å². The van der Waals surface area contributed by atoms with E-state index < -0.39 is 7.12 Å². The Morgan fingerprint density at radius 1 is 1.00 bits per heavy atom. The van der Waals surface area contributed by atoms with Crippen molar-refractivity contribution in [1.29, 1.82) is 0 Å². The van der Waals surface area contributed by atoms with Crippen molar-refractivity contribution in [3.63, 3.8) is 0 Å². The highest BCUT2D eigenvalue weighted by molar-refractivity contribution is 6.62. The molecule has 0 radical (unpaired) electrons. The standard InChI is InChI=1S/C20H23BN2O3.C2H6/c1-19(2)20(3,4)26-21(25-19)16-8-5-7-14(11-16)18-22-12-15(13-23-18)17-9-6-10-24-17;1-2/h5-9,11-13,17H,10H2,1-4H3;1-2H3. The third kappa shape index (κ3) is 4.04. The molecule has 1 saturated heterocycles. The zero-order valence-corrected chi connectivity index (χ0v) is 17.6. The molecule has 1 aromatic carbocycles. The van der Waals surface area contributed by atoms with Gasteiger partial charge in [0, 0.05) is 23.5 Å². The first kappa shape index (κ1) is 20.7. The SMILES string of the molecule is CC.CC1(C)OB(c2cccc(-c3ncc(C4C=CCO4)cn3)c2)OC1(C)C. The van der Waals surface area contributed by atoms with Crippen LogP contribution in [0.25, 0.3) is 11.4 Å². The van der Waals surface area contributed by atoms with Crippen LogP contribution in [0, 0.1) is 0 Å². The molecule has 1 unspecified atom stereocenters. The van der Waals surface area contributed by atoms with Gasteiger partial charge >= 0.3 is 7.12 Å². The van der Waals surface area contributed by atoms with Crippen LogP contribution in [0.4, 0.5) is 0 Å². The van der Waals surface area contributed by atoms with Crippen molar-refractivity contribution in [2.45, 2.75) is 58.8 Å². The zero-order chi connectivity index (χ0) is 20.4. The minimum absolute atomic E-state index is 0.0415. The molecule has 0 spiro atoms. The number of aromatic nitrogens is 2. The smallest absolute Gasteiger partial charge is 0.399 e. The van der Waals surface area contributed by atoms with Gasteiger partial charge in [0.2, 0.25) is 0 Å². The summed E-state index contributed by atoms with van der Waals surface area (Å²) >= 11 is 0. The zero-order valence-electron chi connectivity index (χ0n) is 17.6. The van der Waals surface area contributed by atoms with Gasteiger partial charge in [-0.25, -0.2) is 9.97 Å². The Bertz CT molecular complexity index is 818. The molecule has 0 amide bonds.